The Balaban J connectivity index is 1.69. The molecule has 1 atom stereocenters. The molecule has 0 radical (unpaired) electrons. The lowest BCUT2D eigenvalue weighted by molar-refractivity contribution is -0.139. The van der Waals surface area contributed by atoms with Crippen LogP contribution in [0.3, 0.4) is 0 Å². The fourth-order valence-electron chi connectivity index (χ4n) is 5.30. The molecule has 0 bridgehead atoms. The topological polar surface area (TPSA) is 86.8 Å². The van der Waals surface area contributed by atoms with E-state index in [-0.39, 0.29) is 23.4 Å². The number of aryl methyl sites for hydroxylation is 2. The van der Waals surface area contributed by atoms with E-state index in [1.165, 1.54) is 17.0 Å². The third-order valence-corrected chi connectivity index (χ3v) is 9.60. The number of rotatable bonds is 10. The second-order valence-corrected chi connectivity index (χ2v) is 13.1. The summed E-state index contributed by atoms with van der Waals surface area (Å²) in [5.41, 5.74) is 2.86. The van der Waals surface area contributed by atoms with Gasteiger partial charge in [-0.15, -0.1) is 0 Å². The first kappa shape index (κ1) is 30.6. The number of sulfonamides is 1. The first-order valence-electron chi connectivity index (χ1n) is 14.1. The number of carbonyl (C=O) groups is 2. The molecule has 1 saturated carbocycles. The number of anilines is 1. The maximum atomic E-state index is 14.1. The standard InChI is InChI=1S/C32H38ClN3O4S/c1-23-17-18-30(24(2)19-23)36(41(39,40)29-15-8-5-9-16-29)22-31(37)35(21-26-11-10-12-27(33)20-26)25(3)32(38)34-28-13-6-4-7-14-28/h5,8-12,15-20,25,28H,4,6-7,13-14,21-22H2,1-3H3,(H,34,38)/t25-/m1/s1. The number of hydrogen-bond donors (Lipinski definition) is 1. The van der Waals surface area contributed by atoms with Crippen LogP contribution in [-0.2, 0) is 26.2 Å². The normalized spacial score (nSPS) is 14.7. The van der Waals surface area contributed by atoms with Gasteiger partial charge in [0.2, 0.25) is 11.8 Å². The van der Waals surface area contributed by atoms with Crippen LogP contribution in [0.25, 0.3) is 0 Å². The van der Waals surface area contributed by atoms with E-state index in [9.17, 15) is 18.0 Å². The summed E-state index contributed by atoms with van der Waals surface area (Å²) in [4.78, 5) is 29.1. The minimum absolute atomic E-state index is 0.0759. The summed E-state index contributed by atoms with van der Waals surface area (Å²) in [5, 5.41) is 3.63. The number of halogens is 1. The zero-order chi connectivity index (χ0) is 29.6. The maximum Gasteiger partial charge on any atom is 0.264 e. The average molecular weight is 596 g/mol. The quantitative estimate of drug-likeness (QED) is 0.311. The van der Waals surface area contributed by atoms with Crippen molar-refractivity contribution in [2.75, 3.05) is 10.8 Å². The van der Waals surface area contributed by atoms with Crippen LogP contribution in [0.1, 0.15) is 55.7 Å². The fraction of sp³-hybridized carbons (Fsp3) is 0.375. The SMILES string of the molecule is Cc1ccc(N(CC(=O)N(Cc2cccc(Cl)c2)[C@H](C)C(=O)NC2CCCCC2)S(=O)(=O)c2ccccc2)c(C)c1. The summed E-state index contributed by atoms with van der Waals surface area (Å²) in [5.74, 6) is -0.744. The molecule has 1 N–H and O–H groups in total. The van der Waals surface area contributed by atoms with Crippen LogP contribution in [0.2, 0.25) is 5.02 Å². The van der Waals surface area contributed by atoms with E-state index in [2.05, 4.69) is 5.32 Å². The van der Waals surface area contributed by atoms with Gasteiger partial charge in [-0.05, 0) is 75.1 Å². The number of nitrogens with one attached hydrogen (secondary N) is 1. The van der Waals surface area contributed by atoms with E-state index < -0.39 is 28.5 Å². The largest absolute Gasteiger partial charge is 0.352 e. The van der Waals surface area contributed by atoms with Crippen LogP contribution in [0.5, 0.6) is 0 Å². The molecule has 9 heteroatoms. The Hall–Kier alpha value is -3.36. The molecule has 218 valence electrons. The van der Waals surface area contributed by atoms with Crippen LogP contribution in [-0.4, -0.2) is 43.8 Å². The minimum atomic E-state index is -4.10. The van der Waals surface area contributed by atoms with E-state index in [0.717, 1.165) is 53.1 Å². The van der Waals surface area contributed by atoms with Crippen molar-refractivity contribution in [2.24, 2.45) is 0 Å². The molecule has 7 nitrogen and oxygen atoms in total. The highest BCUT2D eigenvalue weighted by Gasteiger charge is 2.33. The highest BCUT2D eigenvalue weighted by Crippen LogP contribution is 2.28. The predicted octanol–water partition coefficient (Wildman–Crippen LogP) is 6.02. The van der Waals surface area contributed by atoms with Gasteiger partial charge in [0.25, 0.3) is 10.0 Å². The molecule has 4 rings (SSSR count). The number of nitrogens with zero attached hydrogens (tertiary/aromatic N) is 2. The van der Waals surface area contributed by atoms with Crippen LogP contribution in [0.15, 0.2) is 77.7 Å². The van der Waals surface area contributed by atoms with E-state index in [1.54, 1.807) is 49.4 Å². The maximum absolute atomic E-state index is 14.1. The smallest absolute Gasteiger partial charge is 0.264 e. The molecular weight excluding hydrogens is 558 g/mol. The lowest BCUT2D eigenvalue weighted by atomic mass is 9.95. The molecule has 0 saturated heterocycles. The van der Waals surface area contributed by atoms with Gasteiger partial charge < -0.3 is 10.2 Å². The van der Waals surface area contributed by atoms with Crippen molar-refractivity contribution >= 4 is 39.1 Å². The van der Waals surface area contributed by atoms with Crippen molar-refractivity contribution < 1.29 is 18.0 Å². The first-order valence-corrected chi connectivity index (χ1v) is 15.9. The number of hydrogen-bond acceptors (Lipinski definition) is 4. The minimum Gasteiger partial charge on any atom is -0.352 e. The summed E-state index contributed by atoms with van der Waals surface area (Å²) in [6.07, 6.45) is 5.11. The monoisotopic (exact) mass is 595 g/mol. The van der Waals surface area contributed by atoms with Crippen LogP contribution in [0, 0.1) is 13.8 Å². The van der Waals surface area contributed by atoms with Crippen LogP contribution < -0.4 is 9.62 Å². The Morgan fingerprint density at radius 2 is 1.66 bits per heavy atom. The van der Waals surface area contributed by atoms with Gasteiger partial charge >= 0.3 is 0 Å². The van der Waals surface area contributed by atoms with Crippen molar-refractivity contribution in [3.8, 4) is 0 Å². The van der Waals surface area contributed by atoms with Crippen molar-refractivity contribution in [1.29, 1.82) is 0 Å². The summed E-state index contributed by atoms with van der Waals surface area (Å²) < 4.78 is 29.1. The lowest BCUT2D eigenvalue weighted by Crippen LogP contribution is -2.53. The predicted molar refractivity (Wildman–Crippen MR) is 163 cm³/mol. The molecule has 41 heavy (non-hydrogen) atoms. The Morgan fingerprint density at radius 1 is 0.951 bits per heavy atom. The third kappa shape index (κ3) is 7.68. The Bertz CT molecular complexity index is 1470. The summed E-state index contributed by atoms with van der Waals surface area (Å²) in [6, 6.07) is 19.9. The molecule has 2 amide bonds. The summed E-state index contributed by atoms with van der Waals surface area (Å²) in [6.45, 7) is 5.07. The van der Waals surface area contributed by atoms with Crippen molar-refractivity contribution in [1.82, 2.24) is 10.2 Å². The molecule has 0 unspecified atom stereocenters. The Kier molecular flexibility index (Phi) is 10.1. The molecule has 3 aromatic rings. The van der Waals surface area contributed by atoms with Gasteiger partial charge in [0.1, 0.15) is 12.6 Å². The average Bonchev–Trinajstić information content (AvgIpc) is 2.95. The highest BCUT2D eigenvalue weighted by molar-refractivity contribution is 7.92. The highest BCUT2D eigenvalue weighted by atomic mass is 35.5. The first-order chi connectivity index (χ1) is 19.6. The summed E-state index contributed by atoms with van der Waals surface area (Å²) >= 11 is 6.23. The van der Waals surface area contributed by atoms with Gasteiger partial charge in [-0.1, -0.05) is 78.9 Å². The van der Waals surface area contributed by atoms with Crippen molar-refractivity contribution in [3.05, 3.63) is 94.5 Å². The molecule has 1 aliphatic carbocycles. The van der Waals surface area contributed by atoms with Crippen LogP contribution in [0.4, 0.5) is 5.69 Å². The van der Waals surface area contributed by atoms with Gasteiger partial charge in [0.15, 0.2) is 0 Å². The van der Waals surface area contributed by atoms with Crippen molar-refractivity contribution in [2.45, 2.75) is 76.4 Å². The molecule has 0 spiro atoms. The second-order valence-electron chi connectivity index (χ2n) is 10.8. The van der Waals surface area contributed by atoms with E-state index in [4.69, 9.17) is 11.6 Å². The number of carbonyl (C=O) groups excluding carboxylic acids is 2. The van der Waals surface area contributed by atoms with Crippen molar-refractivity contribution in [3.63, 3.8) is 0 Å². The molecule has 0 aliphatic heterocycles. The zero-order valence-electron chi connectivity index (χ0n) is 23.8. The van der Waals surface area contributed by atoms with Gasteiger partial charge in [-0.2, -0.15) is 0 Å². The molecule has 1 fully saturated rings. The van der Waals surface area contributed by atoms with E-state index in [0.29, 0.717) is 10.7 Å². The number of amides is 2. The third-order valence-electron chi connectivity index (χ3n) is 7.59. The Labute approximate surface area is 248 Å². The molecular formula is C32H38ClN3O4S. The Morgan fingerprint density at radius 3 is 2.32 bits per heavy atom. The van der Waals surface area contributed by atoms with Gasteiger partial charge in [-0.25, -0.2) is 8.42 Å². The fourth-order valence-corrected chi connectivity index (χ4v) is 7.01. The van der Waals surface area contributed by atoms with Gasteiger partial charge in [0, 0.05) is 17.6 Å². The van der Waals surface area contributed by atoms with E-state index in [1.807, 2.05) is 32.0 Å². The zero-order valence-corrected chi connectivity index (χ0v) is 25.4. The molecule has 1 aliphatic rings. The number of benzene rings is 3. The second kappa shape index (κ2) is 13.5. The van der Waals surface area contributed by atoms with E-state index >= 15 is 0 Å². The molecule has 0 heterocycles. The van der Waals surface area contributed by atoms with Crippen LogP contribution >= 0.6 is 11.6 Å². The van der Waals surface area contributed by atoms with Gasteiger partial charge in [-0.3, -0.25) is 13.9 Å². The molecule has 0 aromatic heterocycles. The lowest BCUT2D eigenvalue weighted by Gasteiger charge is -2.33. The molecule has 3 aromatic carbocycles. The summed E-state index contributed by atoms with van der Waals surface area (Å²) in [7, 11) is -4.10. The van der Waals surface area contributed by atoms with Gasteiger partial charge in [0.05, 0.1) is 10.6 Å².